The number of rotatable bonds is 12. The second-order valence-electron chi connectivity index (χ2n) is 9.87. The second kappa shape index (κ2) is 12.0. The molecule has 198 valence electrons. The van der Waals surface area contributed by atoms with Gasteiger partial charge in [0.1, 0.15) is 0 Å². The van der Waals surface area contributed by atoms with Crippen molar-refractivity contribution in [1.82, 2.24) is 10.2 Å². The van der Waals surface area contributed by atoms with Gasteiger partial charge in [0.25, 0.3) is 11.8 Å². The van der Waals surface area contributed by atoms with E-state index in [1.165, 1.54) is 0 Å². The van der Waals surface area contributed by atoms with Crippen LogP contribution in [0.2, 0.25) is 0 Å². The van der Waals surface area contributed by atoms with Crippen molar-refractivity contribution in [2.24, 2.45) is 17.6 Å². The lowest BCUT2D eigenvalue weighted by atomic mass is 9.89. The minimum Gasteiger partial charge on any atom is -0.481 e. The van der Waals surface area contributed by atoms with Crippen LogP contribution >= 0.6 is 0 Å². The number of carbonyl (C=O) groups excluding carboxylic acids is 3. The number of benzene rings is 3. The Bertz CT molecular complexity index is 1310. The standard InChI is InChI=1S/C30H33N3O5/c1-19-5-4-6-20(15-19)10-13-32-27(34)23(16-24(9-12-31)30(37)38)11-14-33-28(35)25-17-21-7-2-3-8-22(21)18-26(25)29(33)36/h2-8,15,17-18,23-24H,9-14,16,31H2,1H3,(H,32,34)(H,37,38)/t23?,24-/m0/s1. The number of nitrogens with one attached hydrogen (secondary N) is 1. The molecule has 0 bridgehead atoms. The van der Waals surface area contributed by atoms with Crippen LogP contribution in [-0.2, 0) is 16.0 Å². The monoisotopic (exact) mass is 515 g/mol. The Balaban J connectivity index is 1.46. The highest BCUT2D eigenvalue weighted by molar-refractivity contribution is 6.23. The van der Waals surface area contributed by atoms with Gasteiger partial charge in [-0.15, -0.1) is 0 Å². The molecule has 0 spiro atoms. The number of nitrogens with zero attached hydrogens (tertiary/aromatic N) is 1. The molecule has 38 heavy (non-hydrogen) atoms. The van der Waals surface area contributed by atoms with E-state index >= 15 is 0 Å². The van der Waals surface area contributed by atoms with Gasteiger partial charge < -0.3 is 16.2 Å². The van der Waals surface area contributed by atoms with Crippen LogP contribution in [0.15, 0.2) is 60.7 Å². The molecule has 1 heterocycles. The molecule has 3 aromatic carbocycles. The van der Waals surface area contributed by atoms with Gasteiger partial charge >= 0.3 is 5.97 Å². The zero-order chi connectivity index (χ0) is 27.2. The molecule has 0 fully saturated rings. The van der Waals surface area contributed by atoms with Crippen LogP contribution in [0.4, 0.5) is 0 Å². The number of nitrogens with two attached hydrogens (primary N) is 1. The highest BCUT2D eigenvalue weighted by Gasteiger charge is 2.37. The van der Waals surface area contributed by atoms with Crippen molar-refractivity contribution in [3.05, 3.63) is 82.9 Å². The van der Waals surface area contributed by atoms with E-state index in [9.17, 15) is 24.3 Å². The predicted octanol–water partition coefficient (Wildman–Crippen LogP) is 3.55. The summed E-state index contributed by atoms with van der Waals surface area (Å²) in [4.78, 5) is 52.4. The van der Waals surface area contributed by atoms with Crippen LogP contribution < -0.4 is 11.1 Å². The molecule has 0 saturated heterocycles. The first-order valence-corrected chi connectivity index (χ1v) is 12.9. The fourth-order valence-corrected chi connectivity index (χ4v) is 5.05. The molecule has 1 aliphatic heterocycles. The van der Waals surface area contributed by atoms with E-state index in [0.29, 0.717) is 24.1 Å². The van der Waals surface area contributed by atoms with Gasteiger partial charge in [0.15, 0.2) is 0 Å². The number of carboxylic acids is 1. The molecular weight excluding hydrogens is 482 g/mol. The Hall–Kier alpha value is -4.04. The molecule has 1 unspecified atom stereocenters. The first kappa shape index (κ1) is 27.0. The van der Waals surface area contributed by atoms with Crippen molar-refractivity contribution >= 4 is 34.5 Å². The normalized spacial score (nSPS) is 14.4. The summed E-state index contributed by atoms with van der Waals surface area (Å²) in [5.74, 6) is -3.58. The average Bonchev–Trinajstić information content (AvgIpc) is 3.12. The first-order chi connectivity index (χ1) is 18.3. The van der Waals surface area contributed by atoms with Crippen molar-refractivity contribution in [1.29, 1.82) is 0 Å². The van der Waals surface area contributed by atoms with E-state index in [2.05, 4.69) is 11.4 Å². The van der Waals surface area contributed by atoms with E-state index in [1.807, 2.05) is 49.4 Å². The third-order valence-electron chi connectivity index (χ3n) is 7.14. The molecule has 3 aromatic rings. The van der Waals surface area contributed by atoms with Crippen LogP contribution in [0.1, 0.15) is 51.1 Å². The lowest BCUT2D eigenvalue weighted by Gasteiger charge is -2.23. The molecule has 2 atom stereocenters. The lowest BCUT2D eigenvalue weighted by molar-refractivity contribution is -0.143. The summed E-state index contributed by atoms with van der Waals surface area (Å²) >= 11 is 0. The van der Waals surface area contributed by atoms with Gasteiger partial charge in [-0.2, -0.15) is 0 Å². The molecule has 0 radical (unpaired) electrons. The second-order valence-corrected chi connectivity index (χ2v) is 9.87. The molecule has 0 aromatic heterocycles. The summed E-state index contributed by atoms with van der Waals surface area (Å²) in [6.45, 7) is 2.61. The summed E-state index contributed by atoms with van der Waals surface area (Å²) in [5, 5.41) is 14.3. The third-order valence-corrected chi connectivity index (χ3v) is 7.14. The maximum atomic E-state index is 13.2. The fraction of sp³-hybridized carbons (Fsp3) is 0.333. The number of carbonyl (C=O) groups is 4. The van der Waals surface area contributed by atoms with Gasteiger partial charge in [-0.05, 0) is 67.6 Å². The highest BCUT2D eigenvalue weighted by atomic mass is 16.4. The van der Waals surface area contributed by atoms with Crippen molar-refractivity contribution < 1.29 is 24.3 Å². The smallest absolute Gasteiger partial charge is 0.306 e. The van der Waals surface area contributed by atoms with Crippen LogP contribution in [0.3, 0.4) is 0 Å². The molecule has 0 aliphatic carbocycles. The number of aryl methyl sites for hydroxylation is 1. The van der Waals surface area contributed by atoms with Gasteiger partial charge in [0, 0.05) is 19.0 Å². The quantitative estimate of drug-likeness (QED) is 0.316. The summed E-state index contributed by atoms with van der Waals surface area (Å²) in [7, 11) is 0. The predicted molar refractivity (Wildman–Crippen MR) is 145 cm³/mol. The molecule has 8 nitrogen and oxygen atoms in total. The Kier molecular flexibility index (Phi) is 8.53. The van der Waals surface area contributed by atoms with E-state index in [0.717, 1.165) is 26.8 Å². The SMILES string of the molecule is Cc1cccc(CCNC(=O)C(CCN2C(=O)c3cc4ccccc4cc3C2=O)C[C@H](CCN)C(=O)O)c1. The number of aliphatic carboxylic acids is 1. The largest absolute Gasteiger partial charge is 0.481 e. The first-order valence-electron chi connectivity index (χ1n) is 12.9. The summed E-state index contributed by atoms with van der Waals surface area (Å²) in [6.07, 6.45) is 1.12. The van der Waals surface area contributed by atoms with Crippen LogP contribution in [0, 0.1) is 18.8 Å². The van der Waals surface area contributed by atoms with Crippen molar-refractivity contribution in [2.75, 3.05) is 19.6 Å². The number of fused-ring (bicyclic) bond motifs is 2. The number of imide groups is 1. The minimum absolute atomic E-state index is 0.0215. The Labute approximate surface area is 221 Å². The fourth-order valence-electron chi connectivity index (χ4n) is 5.05. The Morgan fingerprint density at radius 3 is 2.16 bits per heavy atom. The average molecular weight is 516 g/mol. The van der Waals surface area contributed by atoms with Crippen LogP contribution in [0.25, 0.3) is 10.8 Å². The lowest BCUT2D eigenvalue weighted by Crippen LogP contribution is -2.38. The molecule has 3 amide bonds. The van der Waals surface area contributed by atoms with Crippen molar-refractivity contribution in [3.63, 3.8) is 0 Å². The van der Waals surface area contributed by atoms with Crippen molar-refractivity contribution in [3.8, 4) is 0 Å². The molecule has 4 rings (SSSR count). The maximum Gasteiger partial charge on any atom is 0.306 e. The van der Waals surface area contributed by atoms with E-state index in [-0.39, 0.29) is 38.3 Å². The molecule has 1 aliphatic rings. The number of carboxylic acid groups (broad SMARTS) is 1. The van der Waals surface area contributed by atoms with E-state index < -0.39 is 29.6 Å². The van der Waals surface area contributed by atoms with Gasteiger partial charge in [0.2, 0.25) is 5.91 Å². The third kappa shape index (κ3) is 6.08. The molecule has 4 N–H and O–H groups in total. The number of hydrogen-bond acceptors (Lipinski definition) is 5. The molecular formula is C30H33N3O5. The topological polar surface area (TPSA) is 130 Å². The minimum atomic E-state index is -1.01. The van der Waals surface area contributed by atoms with Gasteiger partial charge in [0.05, 0.1) is 17.0 Å². The van der Waals surface area contributed by atoms with Gasteiger partial charge in [-0.1, -0.05) is 54.1 Å². The Morgan fingerprint density at radius 1 is 0.921 bits per heavy atom. The zero-order valence-corrected chi connectivity index (χ0v) is 21.5. The van der Waals surface area contributed by atoms with Gasteiger partial charge in [-0.25, -0.2) is 0 Å². The zero-order valence-electron chi connectivity index (χ0n) is 21.5. The van der Waals surface area contributed by atoms with Crippen molar-refractivity contribution in [2.45, 2.75) is 32.6 Å². The maximum absolute atomic E-state index is 13.2. The van der Waals surface area contributed by atoms with E-state index in [1.54, 1.807) is 12.1 Å². The highest BCUT2D eigenvalue weighted by Crippen LogP contribution is 2.29. The Morgan fingerprint density at radius 2 is 1.58 bits per heavy atom. The van der Waals surface area contributed by atoms with Crippen LogP contribution in [-0.4, -0.2) is 53.3 Å². The van der Waals surface area contributed by atoms with Crippen LogP contribution in [0.5, 0.6) is 0 Å². The van der Waals surface area contributed by atoms with E-state index in [4.69, 9.17) is 5.73 Å². The summed E-state index contributed by atoms with van der Waals surface area (Å²) in [5.41, 5.74) is 8.53. The summed E-state index contributed by atoms with van der Waals surface area (Å²) in [6, 6.07) is 19.0. The molecule has 0 saturated carbocycles. The molecule has 8 heteroatoms. The van der Waals surface area contributed by atoms with Gasteiger partial charge in [-0.3, -0.25) is 24.1 Å². The number of hydrogen-bond donors (Lipinski definition) is 3. The number of amides is 3. The summed E-state index contributed by atoms with van der Waals surface area (Å²) < 4.78 is 0.